The standard InChI is InChI=1S/C21H15N3O3S2/c25-19(14-7-4-8-22-20(14)28-13-5-2-1-3-6-13)24-21-23-15-11-16-17(12-18(15)29-21)27-10-9-26-16/h1-8,11-12H,9-10H2,(H,23,24,25). The van der Waals surface area contributed by atoms with Crippen molar-refractivity contribution >= 4 is 44.4 Å². The molecule has 6 nitrogen and oxygen atoms in total. The van der Waals surface area contributed by atoms with E-state index in [-0.39, 0.29) is 5.91 Å². The maximum atomic E-state index is 12.9. The van der Waals surface area contributed by atoms with Crippen LogP contribution in [0.5, 0.6) is 11.5 Å². The van der Waals surface area contributed by atoms with E-state index in [0.29, 0.717) is 40.4 Å². The zero-order chi connectivity index (χ0) is 19.6. The van der Waals surface area contributed by atoms with Gasteiger partial charge in [0.1, 0.15) is 18.2 Å². The Morgan fingerprint density at radius 1 is 1.03 bits per heavy atom. The third-order valence-electron chi connectivity index (χ3n) is 4.25. The lowest BCUT2D eigenvalue weighted by atomic mass is 10.3. The third-order valence-corrected chi connectivity index (χ3v) is 6.21. The molecule has 4 aromatic rings. The van der Waals surface area contributed by atoms with Crippen molar-refractivity contribution in [1.82, 2.24) is 9.97 Å². The summed E-state index contributed by atoms with van der Waals surface area (Å²) in [5.41, 5.74) is 1.27. The fourth-order valence-electron chi connectivity index (χ4n) is 2.93. The van der Waals surface area contributed by atoms with E-state index in [1.54, 1.807) is 18.3 Å². The van der Waals surface area contributed by atoms with Crippen molar-refractivity contribution in [3.63, 3.8) is 0 Å². The van der Waals surface area contributed by atoms with Crippen LogP contribution in [-0.4, -0.2) is 29.1 Å². The van der Waals surface area contributed by atoms with Gasteiger partial charge in [0.2, 0.25) is 0 Å². The highest BCUT2D eigenvalue weighted by molar-refractivity contribution is 7.99. The number of hydrogen-bond donors (Lipinski definition) is 1. The fourth-order valence-corrected chi connectivity index (χ4v) is 4.70. The Kier molecular flexibility index (Phi) is 4.79. The average molecular weight is 422 g/mol. The molecule has 29 heavy (non-hydrogen) atoms. The monoisotopic (exact) mass is 421 g/mol. The van der Waals surface area contributed by atoms with Crippen LogP contribution in [0.1, 0.15) is 10.4 Å². The molecule has 2 aromatic carbocycles. The van der Waals surface area contributed by atoms with E-state index in [9.17, 15) is 4.79 Å². The summed E-state index contributed by atoms with van der Waals surface area (Å²) in [6.45, 7) is 1.05. The van der Waals surface area contributed by atoms with Crippen LogP contribution in [0, 0.1) is 0 Å². The number of amides is 1. The zero-order valence-electron chi connectivity index (χ0n) is 15.1. The van der Waals surface area contributed by atoms with E-state index < -0.39 is 0 Å². The topological polar surface area (TPSA) is 73.3 Å². The summed E-state index contributed by atoms with van der Waals surface area (Å²) < 4.78 is 12.1. The summed E-state index contributed by atoms with van der Waals surface area (Å²) in [6.07, 6.45) is 1.68. The first-order valence-electron chi connectivity index (χ1n) is 8.96. The molecule has 0 fully saturated rings. The Labute approximate surface area is 174 Å². The first-order chi connectivity index (χ1) is 14.3. The normalized spacial score (nSPS) is 12.7. The van der Waals surface area contributed by atoms with Gasteiger partial charge in [-0.25, -0.2) is 9.97 Å². The van der Waals surface area contributed by atoms with Gasteiger partial charge in [0.05, 0.1) is 15.8 Å². The van der Waals surface area contributed by atoms with Crippen molar-refractivity contribution in [2.45, 2.75) is 9.92 Å². The van der Waals surface area contributed by atoms with Gasteiger partial charge in [-0.2, -0.15) is 0 Å². The molecule has 5 rings (SSSR count). The highest BCUT2D eigenvalue weighted by Crippen LogP contribution is 2.38. The van der Waals surface area contributed by atoms with Crippen LogP contribution in [0.15, 0.2) is 70.7 Å². The second-order valence-corrected chi connectivity index (χ2v) is 8.30. The number of aromatic nitrogens is 2. The van der Waals surface area contributed by atoms with E-state index in [2.05, 4.69) is 15.3 Å². The summed E-state index contributed by atoms with van der Waals surface area (Å²) >= 11 is 2.85. The first kappa shape index (κ1) is 18.0. The van der Waals surface area contributed by atoms with E-state index in [0.717, 1.165) is 15.1 Å². The Hall–Kier alpha value is -3.10. The molecule has 0 aliphatic carbocycles. The highest BCUT2D eigenvalue weighted by atomic mass is 32.2. The van der Waals surface area contributed by atoms with Crippen molar-refractivity contribution < 1.29 is 14.3 Å². The van der Waals surface area contributed by atoms with E-state index in [1.807, 2.05) is 42.5 Å². The van der Waals surface area contributed by atoms with Crippen molar-refractivity contribution in [1.29, 1.82) is 0 Å². The fraction of sp³-hybridized carbons (Fsp3) is 0.0952. The minimum atomic E-state index is -0.243. The first-order valence-corrected chi connectivity index (χ1v) is 10.6. The van der Waals surface area contributed by atoms with Crippen molar-refractivity contribution in [2.75, 3.05) is 18.5 Å². The second-order valence-electron chi connectivity index (χ2n) is 6.21. The molecule has 144 valence electrons. The molecule has 1 amide bonds. The van der Waals surface area contributed by atoms with Gasteiger partial charge in [0.25, 0.3) is 5.91 Å². The molecular weight excluding hydrogens is 406 g/mol. The summed E-state index contributed by atoms with van der Waals surface area (Å²) in [7, 11) is 0. The molecule has 0 spiro atoms. The molecule has 0 atom stereocenters. The number of rotatable bonds is 4. The van der Waals surface area contributed by atoms with Gasteiger partial charge in [-0.05, 0) is 24.3 Å². The lowest BCUT2D eigenvalue weighted by Crippen LogP contribution is -2.15. The average Bonchev–Trinajstić information content (AvgIpc) is 3.14. The molecule has 1 aliphatic rings. The molecule has 0 saturated carbocycles. The molecule has 0 unspecified atom stereocenters. The second kappa shape index (κ2) is 7.73. The van der Waals surface area contributed by atoms with Crippen LogP contribution in [0.3, 0.4) is 0 Å². The number of carbonyl (C=O) groups is 1. The van der Waals surface area contributed by atoms with Crippen LogP contribution in [-0.2, 0) is 0 Å². The number of nitrogens with zero attached hydrogens (tertiary/aromatic N) is 2. The summed E-state index contributed by atoms with van der Waals surface area (Å²) in [4.78, 5) is 22.8. The minimum absolute atomic E-state index is 0.243. The third kappa shape index (κ3) is 3.76. The number of benzene rings is 2. The number of hydrogen-bond acceptors (Lipinski definition) is 7. The van der Waals surface area contributed by atoms with Gasteiger partial charge in [-0.1, -0.05) is 41.3 Å². The van der Waals surface area contributed by atoms with Crippen molar-refractivity contribution in [3.05, 3.63) is 66.4 Å². The predicted molar refractivity (Wildman–Crippen MR) is 113 cm³/mol. The van der Waals surface area contributed by atoms with Gasteiger partial charge in [-0.15, -0.1) is 0 Å². The van der Waals surface area contributed by atoms with Crippen LogP contribution in [0.25, 0.3) is 10.2 Å². The van der Waals surface area contributed by atoms with Gasteiger partial charge in [-0.3, -0.25) is 10.1 Å². The van der Waals surface area contributed by atoms with Gasteiger partial charge < -0.3 is 9.47 Å². The van der Waals surface area contributed by atoms with Crippen LogP contribution in [0.2, 0.25) is 0 Å². The van der Waals surface area contributed by atoms with Crippen molar-refractivity contribution in [3.8, 4) is 11.5 Å². The molecule has 1 N–H and O–H groups in total. The molecule has 0 bridgehead atoms. The van der Waals surface area contributed by atoms with Gasteiger partial charge >= 0.3 is 0 Å². The van der Waals surface area contributed by atoms with E-state index in [1.165, 1.54) is 23.1 Å². The molecule has 0 saturated heterocycles. The molecular formula is C21H15N3O3S2. The smallest absolute Gasteiger partial charge is 0.260 e. The minimum Gasteiger partial charge on any atom is -0.486 e. The predicted octanol–water partition coefficient (Wildman–Crippen LogP) is 4.87. The lowest BCUT2D eigenvalue weighted by molar-refractivity contribution is 0.102. The number of carbonyl (C=O) groups excluding carboxylic acids is 1. The van der Waals surface area contributed by atoms with E-state index in [4.69, 9.17) is 9.47 Å². The van der Waals surface area contributed by atoms with Gasteiger partial charge in [0.15, 0.2) is 16.6 Å². The van der Waals surface area contributed by atoms with Crippen LogP contribution in [0.4, 0.5) is 5.13 Å². The quantitative estimate of drug-likeness (QED) is 0.507. The number of pyridine rings is 1. The molecule has 1 aliphatic heterocycles. The maximum Gasteiger partial charge on any atom is 0.260 e. The molecule has 0 radical (unpaired) electrons. The Morgan fingerprint density at radius 3 is 2.66 bits per heavy atom. The maximum absolute atomic E-state index is 12.9. The molecule has 2 aromatic heterocycles. The van der Waals surface area contributed by atoms with Gasteiger partial charge in [0, 0.05) is 23.2 Å². The Morgan fingerprint density at radius 2 is 1.83 bits per heavy atom. The lowest BCUT2D eigenvalue weighted by Gasteiger charge is -2.17. The van der Waals surface area contributed by atoms with E-state index >= 15 is 0 Å². The number of thiazole rings is 1. The molecule has 8 heteroatoms. The Balaban J connectivity index is 1.40. The van der Waals surface area contributed by atoms with Crippen molar-refractivity contribution in [2.24, 2.45) is 0 Å². The largest absolute Gasteiger partial charge is 0.486 e. The van der Waals surface area contributed by atoms with Crippen LogP contribution >= 0.6 is 23.1 Å². The SMILES string of the molecule is O=C(Nc1nc2cc3c(cc2s1)OCCO3)c1cccnc1Sc1ccccc1. The number of anilines is 1. The number of nitrogens with one attached hydrogen (secondary N) is 1. The summed E-state index contributed by atoms with van der Waals surface area (Å²) in [6, 6.07) is 17.1. The zero-order valence-corrected chi connectivity index (χ0v) is 16.8. The number of ether oxygens (including phenoxy) is 2. The number of fused-ring (bicyclic) bond motifs is 2. The highest BCUT2D eigenvalue weighted by Gasteiger charge is 2.18. The van der Waals surface area contributed by atoms with Crippen LogP contribution < -0.4 is 14.8 Å². The Bertz CT molecular complexity index is 1150. The summed E-state index contributed by atoms with van der Waals surface area (Å²) in [5.74, 6) is 1.15. The molecule has 3 heterocycles. The summed E-state index contributed by atoms with van der Waals surface area (Å²) in [5, 5.41) is 4.07.